The van der Waals surface area contributed by atoms with Crippen LogP contribution in [0.4, 0.5) is 10.1 Å². The zero-order chi connectivity index (χ0) is 14.1. The van der Waals surface area contributed by atoms with Gasteiger partial charge in [-0.3, -0.25) is 0 Å². The summed E-state index contributed by atoms with van der Waals surface area (Å²) in [5.41, 5.74) is 8.63. The Morgan fingerprint density at radius 3 is 3.00 bits per heavy atom. The molecule has 20 heavy (non-hydrogen) atoms. The molecule has 2 N–H and O–H groups in total. The summed E-state index contributed by atoms with van der Waals surface area (Å²) in [6.45, 7) is 0. The van der Waals surface area contributed by atoms with Crippen LogP contribution in [0.15, 0.2) is 50.5 Å². The molecule has 0 spiro atoms. The normalized spacial score (nSPS) is 11.1. The van der Waals surface area contributed by atoms with Crippen LogP contribution in [0, 0.1) is 5.82 Å². The van der Waals surface area contributed by atoms with Crippen molar-refractivity contribution in [2.45, 2.75) is 11.0 Å². The van der Waals surface area contributed by atoms with Gasteiger partial charge in [0.15, 0.2) is 5.58 Å². The first kappa shape index (κ1) is 13.5. The maximum Gasteiger partial charge on any atom is 0.257 e. The van der Waals surface area contributed by atoms with E-state index in [4.69, 9.17) is 10.2 Å². The third-order valence-electron chi connectivity index (χ3n) is 2.77. The van der Waals surface area contributed by atoms with E-state index in [1.807, 2.05) is 6.07 Å². The third-order valence-corrected chi connectivity index (χ3v) is 4.54. The number of benzene rings is 2. The predicted octanol–water partition coefficient (Wildman–Crippen LogP) is 4.60. The number of hydrogen-bond donors (Lipinski definition) is 1. The van der Waals surface area contributed by atoms with Gasteiger partial charge in [-0.15, -0.1) is 0 Å². The van der Waals surface area contributed by atoms with Crippen molar-refractivity contribution in [1.29, 1.82) is 0 Å². The Kier molecular flexibility index (Phi) is 3.67. The Bertz CT molecular complexity index is 775. The predicted molar refractivity (Wildman–Crippen MR) is 82.1 cm³/mol. The molecular formula is C14H10BrFN2OS. The molecule has 2 aromatic carbocycles. The molecule has 6 heteroatoms. The van der Waals surface area contributed by atoms with Crippen LogP contribution in [0.3, 0.4) is 0 Å². The minimum Gasteiger partial charge on any atom is -0.431 e. The summed E-state index contributed by atoms with van der Waals surface area (Å²) >= 11 is 4.65. The lowest BCUT2D eigenvalue weighted by molar-refractivity contribution is 0.489. The van der Waals surface area contributed by atoms with Gasteiger partial charge in [0.05, 0.1) is 4.47 Å². The largest absolute Gasteiger partial charge is 0.431 e. The van der Waals surface area contributed by atoms with E-state index in [2.05, 4.69) is 20.9 Å². The van der Waals surface area contributed by atoms with Gasteiger partial charge < -0.3 is 10.2 Å². The molecular weight excluding hydrogens is 343 g/mol. The molecule has 3 rings (SSSR count). The average Bonchev–Trinajstić information content (AvgIpc) is 2.82. The van der Waals surface area contributed by atoms with Crippen molar-refractivity contribution in [3.05, 3.63) is 52.3 Å². The fraction of sp³-hybridized carbons (Fsp3) is 0.0714. The third kappa shape index (κ3) is 2.66. The molecule has 0 atom stereocenters. The molecule has 0 fully saturated rings. The van der Waals surface area contributed by atoms with Gasteiger partial charge in [0, 0.05) is 11.4 Å². The lowest BCUT2D eigenvalue weighted by Crippen LogP contribution is -1.86. The van der Waals surface area contributed by atoms with Gasteiger partial charge in [0.1, 0.15) is 11.3 Å². The molecule has 0 amide bonds. The SMILES string of the molecule is Nc1ccc2oc(SCc3cccc(F)c3Br)nc2c1. The maximum atomic E-state index is 13.4. The van der Waals surface area contributed by atoms with Gasteiger partial charge in [-0.25, -0.2) is 9.37 Å². The van der Waals surface area contributed by atoms with Crippen LogP contribution in [0.1, 0.15) is 5.56 Å². The number of halogens is 2. The van der Waals surface area contributed by atoms with Crippen LogP contribution in [0.2, 0.25) is 0 Å². The van der Waals surface area contributed by atoms with Gasteiger partial charge in [-0.2, -0.15) is 0 Å². The standard InChI is InChI=1S/C14H10BrFN2OS/c15-13-8(2-1-3-10(13)16)7-20-14-18-11-6-9(17)4-5-12(11)19-14/h1-6H,7,17H2. The van der Waals surface area contributed by atoms with Gasteiger partial charge in [0.2, 0.25) is 0 Å². The Morgan fingerprint density at radius 1 is 1.30 bits per heavy atom. The summed E-state index contributed by atoms with van der Waals surface area (Å²) in [4.78, 5) is 4.35. The lowest BCUT2D eigenvalue weighted by Gasteiger charge is -2.02. The minimum absolute atomic E-state index is 0.270. The highest BCUT2D eigenvalue weighted by molar-refractivity contribution is 9.10. The van der Waals surface area contributed by atoms with E-state index in [0.717, 1.165) is 11.1 Å². The van der Waals surface area contributed by atoms with Gasteiger partial charge in [-0.1, -0.05) is 23.9 Å². The molecule has 3 nitrogen and oxygen atoms in total. The summed E-state index contributed by atoms with van der Waals surface area (Å²) in [5, 5.41) is 0.543. The van der Waals surface area contributed by atoms with E-state index in [-0.39, 0.29) is 5.82 Å². The molecule has 0 aliphatic rings. The van der Waals surface area contributed by atoms with Crippen LogP contribution >= 0.6 is 27.7 Å². The molecule has 3 aromatic rings. The summed E-state index contributed by atoms with van der Waals surface area (Å²) in [6, 6.07) is 10.3. The van der Waals surface area contributed by atoms with Crippen LogP contribution < -0.4 is 5.73 Å². The van der Waals surface area contributed by atoms with Crippen molar-refractivity contribution >= 4 is 44.5 Å². The number of hydrogen-bond acceptors (Lipinski definition) is 4. The molecule has 0 aliphatic heterocycles. The highest BCUT2D eigenvalue weighted by Crippen LogP contribution is 2.30. The molecule has 0 aliphatic carbocycles. The first-order valence-electron chi connectivity index (χ1n) is 5.85. The van der Waals surface area contributed by atoms with Crippen molar-refractivity contribution in [2.24, 2.45) is 0 Å². The second-order valence-corrected chi connectivity index (χ2v) is 5.93. The van der Waals surface area contributed by atoms with Crippen LogP contribution in [-0.2, 0) is 5.75 Å². The van der Waals surface area contributed by atoms with Crippen molar-refractivity contribution in [2.75, 3.05) is 5.73 Å². The number of nitrogens with zero attached hydrogens (tertiary/aromatic N) is 1. The number of rotatable bonds is 3. The van der Waals surface area contributed by atoms with Crippen LogP contribution in [0.25, 0.3) is 11.1 Å². The number of aromatic nitrogens is 1. The van der Waals surface area contributed by atoms with Crippen molar-refractivity contribution in [1.82, 2.24) is 4.98 Å². The lowest BCUT2D eigenvalue weighted by atomic mass is 10.2. The summed E-state index contributed by atoms with van der Waals surface area (Å²) in [7, 11) is 0. The van der Waals surface area contributed by atoms with Gasteiger partial charge >= 0.3 is 0 Å². The van der Waals surface area contributed by atoms with E-state index in [9.17, 15) is 4.39 Å². The molecule has 0 bridgehead atoms. The molecule has 1 aromatic heterocycles. The number of nitrogens with two attached hydrogens (primary N) is 1. The quantitative estimate of drug-likeness (QED) is 0.552. The molecule has 0 saturated heterocycles. The first-order chi connectivity index (χ1) is 9.63. The average molecular weight is 353 g/mol. The summed E-state index contributed by atoms with van der Waals surface area (Å²) < 4.78 is 19.5. The fourth-order valence-electron chi connectivity index (χ4n) is 1.78. The van der Waals surface area contributed by atoms with E-state index >= 15 is 0 Å². The van der Waals surface area contributed by atoms with E-state index in [1.54, 1.807) is 24.3 Å². The van der Waals surface area contributed by atoms with Crippen LogP contribution in [0.5, 0.6) is 0 Å². The number of fused-ring (bicyclic) bond motifs is 1. The Morgan fingerprint density at radius 2 is 2.15 bits per heavy atom. The van der Waals surface area contributed by atoms with Gasteiger partial charge in [0.25, 0.3) is 5.22 Å². The zero-order valence-corrected chi connectivity index (χ0v) is 12.7. The minimum atomic E-state index is -0.270. The van der Waals surface area contributed by atoms with E-state index in [0.29, 0.717) is 26.7 Å². The molecule has 0 saturated carbocycles. The van der Waals surface area contributed by atoms with Crippen molar-refractivity contribution in [3.63, 3.8) is 0 Å². The summed E-state index contributed by atoms with van der Waals surface area (Å²) in [6.07, 6.45) is 0. The number of anilines is 1. The fourth-order valence-corrected chi connectivity index (χ4v) is 3.21. The Balaban J connectivity index is 1.81. The highest BCUT2D eigenvalue weighted by atomic mass is 79.9. The number of nitrogen functional groups attached to an aromatic ring is 1. The topological polar surface area (TPSA) is 52.0 Å². The highest BCUT2D eigenvalue weighted by Gasteiger charge is 2.10. The van der Waals surface area contributed by atoms with Crippen molar-refractivity contribution < 1.29 is 8.81 Å². The number of thioether (sulfide) groups is 1. The second-order valence-electron chi connectivity index (χ2n) is 4.21. The van der Waals surface area contributed by atoms with Crippen LogP contribution in [-0.4, -0.2) is 4.98 Å². The Hall–Kier alpha value is -1.53. The monoisotopic (exact) mass is 352 g/mol. The van der Waals surface area contributed by atoms with E-state index in [1.165, 1.54) is 17.8 Å². The summed E-state index contributed by atoms with van der Waals surface area (Å²) in [5.74, 6) is 0.300. The maximum absolute atomic E-state index is 13.4. The van der Waals surface area contributed by atoms with Crippen molar-refractivity contribution in [3.8, 4) is 0 Å². The molecule has 0 radical (unpaired) electrons. The first-order valence-corrected chi connectivity index (χ1v) is 7.63. The van der Waals surface area contributed by atoms with E-state index < -0.39 is 0 Å². The number of oxazole rings is 1. The molecule has 102 valence electrons. The molecule has 1 heterocycles. The molecule has 0 unspecified atom stereocenters. The second kappa shape index (κ2) is 5.46. The Labute approximate surface area is 127 Å². The smallest absolute Gasteiger partial charge is 0.257 e. The zero-order valence-electron chi connectivity index (χ0n) is 10.3. The van der Waals surface area contributed by atoms with Gasteiger partial charge in [-0.05, 0) is 45.8 Å².